The number of nitrogen functional groups attached to an aromatic ring is 1. The third-order valence-electron chi connectivity index (χ3n) is 3.85. The summed E-state index contributed by atoms with van der Waals surface area (Å²) in [6, 6.07) is 23.3. The van der Waals surface area contributed by atoms with E-state index in [9.17, 15) is 0 Å². The van der Waals surface area contributed by atoms with Gasteiger partial charge in [-0.15, -0.1) is 0 Å². The predicted octanol–water partition coefficient (Wildman–Crippen LogP) is 4.27. The van der Waals surface area contributed by atoms with E-state index in [2.05, 4.69) is 60.8 Å². The number of rotatable bonds is 4. The van der Waals surface area contributed by atoms with Crippen molar-refractivity contribution >= 4 is 16.5 Å². The van der Waals surface area contributed by atoms with Crippen LogP contribution >= 0.6 is 0 Å². The molecule has 3 aromatic rings. The average molecular weight is 276 g/mol. The van der Waals surface area contributed by atoms with Crippen molar-refractivity contribution in [2.24, 2.45) is 0 Å². The van der Waals surface area contributed by atoms with Crippen LogP contribution in [0.25, 0.3) is 10.8 Å². The molecule has 0 unspecified atom stereocenters. The molecule has 2 nitrogen and oxygen atoms in total. The molecule has 0 saturated heterocycles. The Bertz CT molecular complexity index is 744. The lowest BCUT2D eigenvalue weighted by atomic mass is 9.99. The molecular weight excluding hydrogens is 256 g/mol. The Labute approximate surface area is 125 Å². The van der Waals surface area contributed by atoms with Gasteiger partial charge in [0.25, 0.3) is 0 Å². The Hall–Kier alpha value is -2.32. The fraction of sp³-hybridized carbons (Fsp3) is 0.158. The summed E-state index contributed by atoms with van der Waals surface area (Å²) in [5.74, 6) is 0. The summed E-state index contributed by atoms with van der Waals surface area (Å²) < 4.78 is 0. The van der Waals surface area contributed by atoms with Gasteiger partial charge in [0.05, 0.1) is 0 Å². The van der Waals surface area contributed by atoms with Crippen molar-refractivity contribution in [2.45, 2.75) is 19.5 Å². The third-order valence-corrected chi connectivity index (χ3v) is 3.85. The highest BCUT2D eigenvalue weighted by Gasteiger charge is 2.08. The van der Waals surface area contributed by atoms with E-state index in [4.69, 9.17) is 5.73 Å². The lowest BCUT2D eigenvalue weighted by Crippen LogP contribution is -2.18. The van der Waals surface area contributed by atoms with E-state index in [1.54, 1.807) is 0 Å². The molecule has 0 amide bonds. The molecule has 0 heterocycles. The monoisotopic (exact) mass is 276 g/mol. The van der Waals surface area contributed by atoms with Gasteiger partial charge in [0.15, 0.2) is 0 Å². The second kappa shape index (κ2) is 5.98. The van der Waals surface area contributed by atoms with Gasteiger partial charge in [-0.3, -0.25) is 0 Å². The molecule has 21 heavy (non-hydrogen) atoms. The Kier molecular flexibility index (Phi) is 3.89. The SMILES string of the molecule is C[C@H](NCc1cccc(N)c1)c1cccc2ccccc12. The summed E-state index contributed by atoms with van der Waals surface area (Å²) in [6.45, 7) is 3.02. The summed E-state index contributed by atoms with van der Waals surface area (Å²) in [6.07, 6.45) is 0. The van der Waals surface area contributed by atoms with Crippen molar-refractivity contribution in [3.8, 4) is 0 Å². The first kappa shape index (κ1) is 13.7. The quantitative estimate of drug-likeness (QED) is 0.698. The zero-order chi connectivity index (χ0) is 14.7. The Morgan fingerprint density at radius 1 is 0.952 bits per heavy atom. The first-order valence-corrected chi connectivity index (χ1v) is 7.29. The molecule has 0 aliphatic rings. The molecule has 3 aromatic carbocycles. The second-order valence-corrected chi connectivity index (χ2v) is 5.42. The number of anilines is 1. The van der Waals surface area contributed by atoms with E-state index >= 15 is 0 Å². The molecule has 0 fully saturated rings. The van der Waals surface area contributed by atoms with Gasteiger partial charge < -0.3 is 11.1 Å². The number of hydrogen-bond donors (Lipinski definition) is 2. The maximum Gasteiger partial charge on any atom is 0.0317 e. The van der Waals surface area contributed by atoms with Crippen LogP contribution in [0.5, 0.6) is 0 Å². The predicted molar refractivity (Wildman–Crippen MR) is 90.1 cm³/mol. The third kappa shape index (κ3) is 3.06. The average Bonchev–Trinajstić information content (AvgIpc) is 2.52. The van der Waals surface area contributed by atoms with Gasteiger partial charge in [0.1, 0.15) is 0 Å². The molecule has 0 bridgehead atoms. The topological polar surface area (TPSA) is 38.0 Å². The van der Waals surface area contributed by atoms with E-state index in [1.807, 2.05) is 18.2 Å². The molecule has 0 aliphatic heterocycles. The van der Waals surface area contributed by atoms with E-state index in [-0.39, 0.29) is 6.04 Å². The van der Waals surface area contributed by atoms with Crippen molar-refractivity contribution < 1.29 is 0 Å². The van der Waals surface area contributed by atoms with Gasteiger partial charge >= 0.3 is 0 Å². The van der Waals surface area contributed by atoms with Gasteiger partial charge in [0.2, 0.25) is 0 Å². The Morgan fingerprint density at radius 2 is 1.71 bits per heavy atom. The van der Waals surface area contributed by atoms with Crippen LogP contribution in [0.15, 0.2) is 66.7 Å². The largest absolute Gasteiger partial charge is 0.399 e. The van der Waals surface area contributed by atoms with Crippen LogP contribution in [0.4, 0.5) is 5.69 Å². The summed E-state index contributed by atoms with van der Waals surface area (Å²) in [7, 11) is 0. The molecule has 0 saturated carbocycles. The maximum atomic E-state index is 5.82. The van der Waals surface area contributed by atoms with Crippen LogP contribution in [-0.2, 0) is 6.54 Å². The van der Waals surface area contributed by atoms with Crippen LogP contribution in [0, 0.1) is 0 Å². The van der Waals surface area contributed by atoms with Crippen LogP contribution in [-0.4, -0.2) is 0 Å². The molecule has 0 radical (unpaired) electrons. The number of benzene rings is 3. The van der Waals surface area contributed by atoms with E-state index < -0.39 is 0 Å². The first-order chi connectivity index (χ1) is 10.2. The zero-order valence-corrected chi connectivity index (χ0v) is 12.2. The van der Waals surface area contributed by atoms with Crippen molar-refractivity contribution in [3.05, 3.63) is 77.9 Å². The second-order valence-electron chi connectivity index (χ2n) is 5.42. The van der Waals surface area contributed by atoms with Gasteiger partial charge in [-0.2, -0.15) is 0 Å². The van der Waals surface area contributed by atoms with E-state index in [0.717, 1.165) is 12.2 Å². The lowest BCUT2D eigenvalue weighted by Gasteiger charge is -2.17. The van der Waals surface area contributed by atoms with Crippen LogP contribution in [0.1, 0.15) is 24.1 Å². The summed E-state index contributed by atoms with van der Waals surface area (Å²) in [5.41, 5.74) is 9.18. The normalized spacial score (nSPS) is 12.4. The van der Waals surface area contributed by atoms with Crippen molar-refractivity contribution in [2.75, 3.05) is 5.73 Å². The molecule has 0 aromatic heterocycles. The minimum Gasteiger partial charge on any atom is -0.399 e. The number of nitrogens with one attached hydrogen (secondary N) is 1. The van der Waals surface area contributed by atoms with E-state index in [1.165, 1.54) is 21.9 Å². The highest BCUT2D eigenvalue weighted by Crippen LogP contribution is 2.24. The molecule has 2 heteroatoms. The molecule has 0 aliphatic carbocycles. The molecule has 0 spiro atoms. The fourth-order valence-corrected chi connectivity index (χ4v) is 2.71. The minimum absolute atomic E-state index is 0.289. The molecule has 3 N–H and O–H groups in total. The zero-order valence-electron chi connectivity index (χ0n) is 12.2. The summed E-state index contributed by atoms with van der Waals surface area (Å²) >= 11 is 0. The lowest BCUT2D eigenvalue weighted by molar-refractivity contribution is 0.578. The summed E-state index contributed by atoms with van der Waals surface area (Å²) in [5, 5.41) is 6.18. The van der Waals surface area contributed by atoms with Crippen molar-refractivity contribution in [1.82, 2.24) is 5.32 Å². The molecular formula is C19H20N2. The molecule has 1 atom stereocenters. The van der Waals surface area contributed by atoms with Crippen molar-refractivity contribution in [1.29, 1.82) is 0 Å². The maximum absolute atomic E-state index is 5.82. The minimum atomic E-state index is 0.289. The van der Waals surface area contributed by atoms with Gasteiger partial charge in [-0.25, -0.2) is 0 Å². The standard InChI is InChI=1S/C19H20N2/c1-14(21-13-15-6-4-9-17(20)12-15)18-11-5-8-16-7-2-3-10-19(16)18/h2-12,14,21H,13,20H2,1H3/t14-/m0/s1. The van der Waals surface area contributed by atoms with Crippen LogP contribution in [0.2, 0.25) is 0 Å². The fourth-order valence-electron chi connectivity index (χ4n) is 2.71. The number of nitrogens with two attached hydrogens (primary N) is 1. The van der Waals surface area contributed by atoms with Crippen LogP contribution in [0.3, 0.4) is 0 Å². The Balaban J connectivity index is 1.79. The molecule has 3 rings (SSSR count). The number of hydrogen-bond acceptors (Lipinski definition) is 2. The van der Waals surface area contributed by atoms with Gasteiger partial charge in [-0.05, 0) is 41.0 Å². The molecule has 106 valence electrons. The highest BCUT2D eigenvalue weighted by molar-refractivity contribution is 5.86. The smallest absolute Gasteiger partial charge is 0.0317 e. The van der Waals surface area contributed by atoms with Gasteiger partial charge in [-0.1, -0.05) is 54.6 Å². The van der Waals surface area contributed by atoms with Crippen molar-refractivity contribution in [3.63, 3.8) is 0 Å². The number of fused-ring (bicyclic) bond motifs is 1. The Morgan fingerprint density at radius 3 is 2.57 bits per heavy atom. The summed E-state index contributed by atoms with van der Waals surface area (Å²) in [4.78, 5) is 0. The first-order valence-electron chi connectivity index (χ1n) is 7.29. The van der Waals surface area contributed by atoms with E-state index in [0.29, 0.717) is 0 Å². The van der Waals surface area contributed by atoms with Gasteiger partial charge in [0, 0.05) is 18.3 Å². The highest BCUT2D eigenvalue weighted by atomic mass is 14.9. The van der Waals surface area contributed by atoms with Crippen LogP contribution < -0.4 is 11.1 Å².